The lowest BCUT2D eigenvalue weighted by Gasteiger charge is -2.10. The lowest BCUT2D eigenvalue weighted by molar-refractivity contribution is -0.153. The monoisotopic (exact) mass is 342 g/mol. The van der Waals surface area contributed by atoms with Crippen molar-refractivity contribution in [1.82, 2.24) is 10.3 Å². The maximum Gasteiger partial charge on any atom is 0.422 e. The number of aromatic amines is 1. The lowest BCUT2D eigenvalue weighted by atomic mass is 10.2. The van der Waals surface area contributed by atoms with Gasteiger partial charge in [0.25, 0.3) is 5.91 Å². The molecule has 0 aliphatic rings. The highest BCUT2D eigenvalue weighted by molar-refractivity contribution is 7.71. The number of pyridine rings is 1. The minimum absolute atomic E-state index is 0.114. The normalized spacial score (nSPS) is 11.1. The lowest BCUT2D eigenvalue weighted by Crippen LogP contribution is -2.23. The highest BCUT2D eigenvalue weighted by atomic mass is 32.1. The van der Waals surface area contributed by atoms with Crippen LogP contribution in [0.2, 0.25) is 0 Å². The number of ether oxygens (including phenoxy) is 1. The number of hydrogen-bond acceptors (Lipinski definition) is 3. The van der Waals surface area contributed by atoms with Crippen molar-refractivity contribution >= 4 is 18.1 Å². The summed E-state index contributed by atoms with van der Waals surface area (Å²) in [4.78, 5) is 14.7. The molecule has 0 unspecified atom stereocenters. The van der Waals surface area contributed by atoms with Gasteiger partial charge in [-0.25, -0.2) is 0 Å². The Balaban J connectivity index is 1.90. The molecule has 4 nitrogen and oxygen atoms in total. The zero-order chi connectivity index (χ0) is 16.9. The van der Waals surface area contributed by atoms with Crippen LogP contribution in [0.1, 0.15) is 15.9 Å². The molecule has 0 aliphatic heterocycles. The molecule has 122 valence electrons. The van der Waals surface area contributed by atoms with Crippen molar-refractivity contribution in [2.45, 2.75) is 12.7 Å². The van der Waals surface area contributed by atoms with E-state index in [0.717, 1.165) is 5.56 Å². The van der Waals surface area contributed by atoms with E-state index < -0.39 is 12.8 Å². The third-order valence-corrected chi connectivity index (χ3v) is 3.18. The summed E-state index contributed by atoms with van der Waals surface area (Å²) in [6, 6.07) is 9.26. The Hall–Kier alpha value is -2.35. The smallest absolute Gasteiger partial charge is 0.422 e. The maximum atomic E-state index is 12.0. The van der Waals surface area contributed by atoms with E-state index in [1.54, 1.807) is 30.5 Å². The van der Waals surface area contributed by atoms with Crippen LogP contribution in [0, 0.1) is 4.64 Å². The van der Waals surface area contributed by atoms with Gasteiger partial charge in [-0.1, -0.05) is 24.4 Å². The van der Waals surface area contributed by atoms with E-state index >= 15 is 0 Å². The summed E-state index contributed by atoms with van der Waals surface area (Å²) in [5.41, 5.74) is 1.08. The Labute approximate surface area is 135 Å². The molecule has 2 N–H and O–H groups in total. The van der Waals surface area contributed by atoms with Crippen molar-refractivity contribution in [1.29, 1.82) is 0 Å². The molecule has 1 heterocycles. The first kappa shape index (κ1) is 17.0. The summed E-state index contributed by atoms with van der Waals surface area (Å²) in [6.07, 6.45) is -2.75. The Morgan fingerprint density at radius 1 is 1.22 bits per heavy atom. The number of nitrogens with one attached hydrogen (secondary N) is 2. The maximum absolute atomic E-state index is 12.0. The molecule has 2 rings (SSSR count). The van der Waals surface area contributed by atoms with Gasteiger partial charge >= 0.3 is 6.18 Å². The van der Waals surface area contributed by atoms with E-state index in [9.17, 15) is 18.0 Å². The highest BCUT2D eigenvalue weighted by Gasteiger charge is 2.28. The van der Waals surface area contributed by atoms with Crippen molar-refractivity contribution in [3.63, 3.8) is 0 Å². The van der Waals surface area contributed by atoms with Gasteiger partial charge < -0.3 is 15.0 Å². The van der Waals surface area contributed by atoms with Gasteiger partial charge in [0.2, 0.25) is 0 Å². The molecule has 0 aliphatic carbocycles. The number of amides is 1. The van der Waals surface area contributed by atoms with Crippen molar-refractivity contribution in [2.24, 2.45) is 0 Å². The van der Waals surface area contributed by atoms with Crippen LogP contribution in [0.5, 0.6) is 5.75 Å². The number of hydrogen-bond donors (Lipinski definition) is 2. The summed E-state index contributed by atoms with van der Waals surface area (Å²) < 4.78 is 41.1. The first-order valence-corrected chi connectivity index (χ1v) is 7.00. The Bertz CT molecular complexity index is 726. The van der Waals surface area contributed by atoms with Crippen LogP contribution in [0.3, 0.4) is 0 Å². The van der Waals surface area contributed by atoms with Gasteiger partial charge in [0, 0.05) is 12.7 Å². The minimum atomic E-state index is -4.37. The van der Waals surface area contributed by atoms with Gasteiger partial charge in [0.1, 0.15) is 10.4 Å². The van der Waals surface area contributed by atoms with Gasteiger partial charge in [-0.05, 0) is 29.8 Å². The van der Waals surface area contributed by atoms with Crippen LogP contribution in [-0.2, 0) is 6.54 Å². The Kier molecular flexibility index (Phi) is 5.38. The third-order valence-electron chi connectivity index (χ3n) is 2.84. The number of carbonyl (C=O) groups excluding carboxylic acids is 1. The second kappa shape index (κ2) is 7.28. The number of aromatic nitrogens is 1. The first-order chi connectivity index (χ1) is 10.8. The number of carbonyl (C=O) groups is 1. The molecule has 23 heavy (non-hydrogen) atoms. The number of benzene rings is 1. The molecular weight excluding hydrogens is 329 g/mol. The molecule has 1 aromatic heterocycles. The molecule has 0 spiro atoms. The molecule has 0 atom stereocenters. The van der Waals surface area contributed by atoms with E-state index in [-0.39, 0.29) is 18.2 Å². The van der Waals surface area contributed by atoms with Crippen molar-refractivity contribution in [3.05, 3.63) is 58.4 Å². The molecule has 1 aromatic carbocycles. The quantitative estimate of drug-likeness (QED) is 0.816. The van der Waals surface area contributed by atoms with Gasteiger partial charge in [-0.3, -0.25) is 4.79 Å². The first-order valence-electron chi connectivity index (χ1n) is 6.59. The SMILES string of the molecule is O=C(NCc1ccc(OCC(F)(F)F)cc1)c1ccc[nH]c1=S. The van der Waals surface area contributed by atoms with E-state index in [2.05, 4.69) is 15.0 Å². The predicted octanol–water partition coefficient (Wildman–Crippen LogP) is 3.62. The molecule has 2 aromatic rings. The summed E-state index contributed by atoms with van der Waals surface area (Å²) in [6.45, 7) is -1.11. The van der Waals surface area contributed by atoms with Crippen LogP contribution in [-0.4, -0.2) is 23.7 Å². The summed E-state index contributed by atoms with van der Waals surface area (Å²) >= 11 is 5.01. The van der Waals surface area contributed by atoms with Gasteiger partial charge in [-0.2, -0.15) is 13.2 Å². The zero-order valence-electron chi connectivity index (χ0n) is 11.8. The largest absolute Gasteiger partial charge is 0.484 e. The van der Waals surface area contributed by atoms with E-state index in [1.165, 1.54) is 12.1 Å². The van der Waals surface area contributed by atoms with Gasteiger partial charge in [-0.15, -0.1) is 0 Å². The van der Waals surface area contributed by atoms with Crippen molar-refractivity contribution in [3.8, 4) is 5.75 Å². The zero-order valence-corrected chi connectivity index (χ0v) is 12.6. The predicted molar refractivity (Wildman–Crippen MR) is 80.8 cm³/mol. The second-order valence-electron chi connectivity index (χ2n) is 4.64. The Morgan fingerprint density at radius 3 is 2.52 bits per heavy atom. The molecule has 0 radical (unpaired) electrons. The van der Waals surface area contributed by atoms with Crippen molar-refractivity contribution in [2.75, 3.05) is 6.61 Å². The van der Waals surface area contributed by atoms with Crippen LogP contribution in [0.15, 0.2) is 42.6 Å². The fraction of sp³-hybridized carbons (Fsp3) is 0.200. The highest BCUT2D eigenvalue weighted by Crippen LogP contribution is 2.18. The average Bonchev–Trinajstić information content (AvgIpc) is 2.51. The molecule has 0 fully saturated rings. The molecule has 1 amide bonds. The topological polar surface area (TPSA) is 54.1 Å². The standard InChI is InChI=1S/C15H13F3N2O2S/c16-15(17,18)9-22-11-5-3-10(4-6-11)8-20-13(21)12-2-1-7-19-14(12)23/h1-7H,8-9H2,(H,19,23)(H,20,21). The molecule has 8 heteroatoms. The van der Waals surface area contributed by atoms with Gasteiger partial charge in [0.15, 0.2) is 6.61 Å². The number of halogens is 3. The second-order valence-corrected chi connectivity index (χ2v) is 5.05. The molecule has 0 saturated carbocycles. The molecule has 0 bridgehead atoms. The number of H-pyrrole nitrogens is 1. The molecule has 0 saturated heterocycles. The van der Waals surface area contributed by atoms with Gasteiger partial charge in [0.05, 0.1) is 5.56 Å². The van der Waals surface area contributed by atoms with E-state index in [0.29, 0.717) is 10.2 Å². The van der Waals surface area contributed by atoms with Crippen LogP contribution in [0.25, 0.3) is 0 Å². The minimum Gasteiger partial charge on any atom is -0.484 e. The van der Waals surface area contributed by atoms with E-state index in [1.807, 2.05) is 0 Å². The fourth-order valence-corrected chi connectivity index (χ4v) is 1.98. The average molecular weight is 342 g/mol. The Morgan fingerprint density at radius 2 is 1.91 bits per heavy atom. The van der Waals surface area contributed by atoms with Crippen molar-refractivity contribution < 1.29 is 22.7 Å². The summed E-state index contributed by atoms with van der Waals surface area (Å²) in [7, 11) is 0. The molecular formula is C15H13F3N2O2S. The third kappa shape index (κ3) is 5.41. The number of rotatable bonds is 5. The van der Waals surface area contributed by atoms with Crippen LogP contribution >= 0.6 is 12.2 Å². The summed E-state index contributed by atoms with van der Waals surface area (Å²) in [5.74, 6) is -0.216. The van der Waals surface area contributed by atoms with Crippen LogP contribution in [0.4, 0.5) is 13.2 Å². The van der Waals surface area contributed by atoms with E-state index in [4.69, 9.17) is 12.2 Å². The summed E-state index contributed by atoms with van der Waals surface area (Å²) in [5, 5.41) is 2.69. The number of alkyl halides is 3. The van der Waals surface area contributed by atoms with Crippen LogP contribution < -0.4 is 10.1 Å². The fourth-order valence-electron chi connectivity index (χ4n) is 1.75.